The molecule has 12 heavy (non-hydrogen) atoms. The predicted octanol–water partition coefficient (Wildman–Crippen LogP) is 0.315. The van der Waals surface area contributed by atoms with E-state index in [2.05, 4.69) is 17.3 Å². The summed E-state index contributed by atoms with van der Waals surface area (Å²) in [6.07, 6.45) is 2.60. The molecule has 0 amide bonds. The lowest BCUT2D eigenvalue weighted by Crippen LogP contribution is -2.52. The van der Waals surface area contributed by atoms with E-state index in [1.807, 2.05) is 0 Å². The molecule has 2 heterocycles. The quantitative estimate of drug-likeness (QED) is 0.649. The highest BCUT2D eigenvalue weighted by Gasteiger charge is 2.23. The second-order valence-corrected chi connectivity index (χ2v) is 3.98. The van der Waals surface area contributed by atoms with Crippen molar-refractivity contribution < 1.29 is 6.16 Å². The first kappa shape index (κ1) is 8.48. The molecule has 72 valence electrons. The Morgan fingerprint density at radius 2 is 1.92 bits per heavy atom. The van der Waals surface area contributed by atoms with Gasteiger partial charge in [-0.1, -0.05) is 0 Å². The maximum absolute atomic E-state index is 5.12. The number of hydrogen-bond donors (Lipinski definition) is 1. The van der Waals surface area contributed by atoms with Crippen molar-refractivity contribution in [2.75, 3.05) is 33.4 Å². The summed E-state index contributed by atoms with van der Waals surface area (Å²) < 4.78 is 5.12. The fourth-order valence-electron chi connectivity index (χ4n) is 1.84. The average molecular weight is 172 g/mol. The number of ether oxygens (including phenoxy) is 1. The van der Waals surface area contributed by atoms with E-state index in [-0.39, 0.29) is 1.43 Å². The summed E-state index contributed by atoms with van der Waals surface area (Å²) in [5.74, 6) is 0. The predicted molar refractivity (Wildman–Crippen MR) is 50.4 cm³/mol. The van der Waals surface area contributed by atoms with E-state index < -0.39 is 0 Å². The molecule has 2 saturated heterocycles. The second-order valence-electron chi connectivity index (χ2n) is 3.98. The molecule has 1 N–H and O–H groups in total. The molecule has 3 nitrogen and oxygen atoms in total. The molecular formula is C9H20N2O. The largest absolute Gasteiger partial charge is 0.378 e. The molecule has 2 fully saturated rings. The zero-order chi connectivity index (χ0) is 8.39. The summed E-state index contributed by atoms with van der Waals surface area (Å²) in [6, 6.07) is 1.40. The Labute approximate surface area is 75.6 Å². The molecule has 2 aliphatic heterocycles. The molecule has 0 aliphatic carbocycles. The fraction of sp³-hybridized carbons (Fsp3) is 1.00. The van der Waals surface area contributed by atoms with Crippen molar-refractivity contribution in [3.8, 4) is 0 Å². The van der Waals surface area contributed by atoms with Crippen LogP contribution in [-0.4, -0.2) is 50.3 Å². The number of likely N-dealkylation sites (tertiary alicyclic amines) is 1. The van der Waals surface area contributed by atoms with E-state index in [1.165, 1.54) is 25.9 Å². The van der Waals surface area contributed by atoms with E-state index in [0.29, 0.717) is 6.04 Å². The van der Waals surface area contributed by atoms with Crippen molar-refractivity contribution in [2.45, 2.75) is 24.9 Å². The SMILES string of the molecule is CN1CCC(NC2COC2)CC1.[HH]. The van der Waals surface area contributed by atoms with Crippen LogP contribution in [0.3, 0.4) is 0 Å². The smallest absolute Gasteiger partial charge is 0.0643 e. The third-order valence-corrected chi connectivity index (χ3v) is 2.83. The number of nitrogens with one attached hydrogen (secondary N) is 1. The van der Waals surface area contributed by atoms with Gasteiger partial charge in [0.05, 0.1) is 19.3 Å². The first-order chi connectivity index (χ1) is 5.84. The molecule has 2 rings (SSSR count). The van der Waals surface area contributed by atoms with Gasteiger partial charge in [-0.25, -0.2) is 0 Å². The van der Waals surface area contributed by atoms with Gasteiger partial charge in [-0.15, -0.1) is 0 Å². The summed E-state index contributed by atoms with van der Waals surface area (Å²) in [5, 5.41) is 3.62. The topological polar surface area (TPSA) is 24.5 Å². The Morgan fingerprint density at radius 1 is 1.25 bits per heavy atom. The van der Waals surface area contributed by atoms with Crippen molar-refractivity contribution in [3.05, 3.63) is 0 Å². The third-order valence-electron chi connectivity index (χ3n) is 2.83. The molecule has 0 aromatic heterocycles. The molecule has 0 saturated carbocycles. The molecule has 0 aromatic rings. The number of hydrogen-bond acceptors (Lipinski definition) is 3. The monoisotopic (exact) mass is 172 g/mol. The Kier molecular flexibility index (Phi) is 2.63. The van der Waals surface area contributed by atoms with E-state index in [0.717, 1.165) is 19.3 Å². The lowest BCUT2D eigenvalue weighted by molar-refractivity contribution is -0.0131. The first-order valence-electron chi connectivity index (χ1n) is 4.87. The van der Waals surface area contributed by atoms with Crippen LogP contribution in [-0.2, 0) is 4.74 Å². The average Bonchev–Trinajstić information content (AvgIpc) is 2.00. The molecule has 0 bridgehead atoms. The lowest BCUT2D eigenvalue weighted by Gasteiger charge is -2.35. The van der Waals surface area contributed by atoms with Crippen molar-refractivity contribution in [1.29, 1.82) is 0 Å². The van der Waals surface area contributed by atoms with Gasteiger partial charge < -0.3 is 15.0 Å². The van der Waals surface area contributed by atoms with Crippen LogP contribution in [0.25, 0.3) is 0 Å². The highest BCUT2D eigenvalue weighted by molar-refractivity contribution is 4.82. The van der Waals surface area contributed by atoms with Crippen LogP contribution in [0, 0.1) is 0 Å². The first-order valence-corrected chi connectivity index (χ1v) is 4.87. The Morgan fingerprint density at radius 3 is 2.42 bits per heavy atom. The van der Waals surface area contributed by atoms with Crippen LogP contribution in [0.5, 0.6) is 0 Å². The summed E-state index contributed by atoms with van der Waals surface area (Å²) in [7, 11) is 2.20. The second kappa shape index (κ2) is 3.73. The highest BCUT2D eigenvalue weighted by Crippen LogP contribution is 2.11. The highest BCUT2D eigenvalue weighted by atomic mass is 16.5. The van der Waals surface area contributed by atoms with Crippen LogP contribution in [0.4, 0.5) is 0 Å². The van der Waals surface area contributed by atoms with Crippen LogP contribution in [0.15, 0.2) is 0 Å². The molecule has 0 atom stereocenters. The van der Waals surface area contributed by atoms with Crippen LogP contribution in [0.2, 0.25) is 0 Å². The van der Waals surface area contributed by atoms with Crippen LogP contribution >= 0.6 is 0 Å². The minimum Gasteiger partial charge on any atom is -0.378 e. The molecule has 0 aromatic carbocycles. The van der Waals surface area contributed by atoms with Gasteiger partial charge in [-0.2, -0.15) is 0 Å². The van der Waals surface area contributed by atoms with Gasteiger partial charge in [0.2, 0.25) is 0 Å². The minimum atomic E-state index is 0. The van der Waals surface area contributed by atoms with Crippen LogP contribution in [0.1, 0.15) is 14.3 Å². The zero-order valence-electron chi connectivity index (χ0n) is 7.75. The van der Waals surface area contributed by atoms with Crippen molar-refractivity contribution in [2.24, 2.45) is 0 Å². The Bertz CT molecular complexity index is 145. The third kappa shape index (κ3) is 1.97. The number of nitrogens with zero attached hydrogens (tertiary/aromatic N) is 1. The van der Waals surface area contributed by atoms with Crippen molar-refractivity contribution >= 4 is 0 Å². The molecule has 2 aliphatic rings. The Balaban J connectivity index is 0.000000845. The van der Waals surface area contributed by atoms with Crippen molar-refractivity contribution in [3.63, 3.8) is 0 Å². The van der Waals surface area contributed by atoms with E-state index in [4.69, 9.17) is 4.74 Å². The van der Waals surface area contributed by atoms with Gasteiger partial charge in [-0.05, 0) is 33.0 Å². The summed E-state index contributed by atoms with van der Waals surface area (Å²) >= 11 is 0. The number of rotatable bonds is 2. The molecular weight excluding hydrogens is 152 g/mol. The van der Waals surface area contributed by atoms with Gasteiger partial charge in [0.1, 0.15) is 0 Å². The normalized spacial score (nSPS) is 28.8. The Hall–Kier alpha value is -0.120. The summed E-state index contributed by atoms with van der Waals surface area (Å²) in [4.78, 5) is 2.40. The van der Waals surface area contributed by atoms with Gasteiger partial charge >= 0.3 is 0 Å². The van der Waals surface area contributed by atoms with Crippen molar-refractivity contribution in [1.82, 2.24) is 10.2 Å². The van der Waals surface area contributed by atoms with E-state index >= 15 is 0 Å². The van der Waals surface area contributed by atoms with Gasteiger partial charge in [0, 0.05) is 7.47 Å². The van der Waals surface area contributed by atoms with E-state index in [9.17, 15) is 0 Å². The van der Waals surface area contributed by atoms with Gasteiger partial charge in [0.25, 0.3) is 0 Å². The molecule has 0 unspecified atom stereocenters. The minimum absolute atomic E-state index is 0. The molecule has 3 heteroatoms. The molecule has 0 radical (unpaired) electrons. The molecule has 0 spiro atoms. The van der Waals surface area contributed by atoms with Gasteiger partial charge in [-0.3, -0.25) is 0 Å². The van der Waals surface area contributed by atoms with Crippen LogP contribution < -0.4 is 5.32 Å². The van der Waals surface area contributed by atoms with Gasteiger partial charge in [0.15, 0.2) is 0 Å². The fourth-order valence-corrected chi connectivity index (χ4v) is 1.84. The standard InChI is InChI=1S/C9H18N2O.H2/c1-11-4-2-8(3-5-11)10-9-6-12-7-9;/h8-10H,2-7H2,1H3;1H. The maximum atomic E-state index is 5.12. The lowest BCUT2D eigenvalue weighted by atomic mass is 10.0. The summed E-state index contributed by atoms with van der Waals surface area (Å²) in [6.45, 7) is 4.33. The zero-order valence-corrected chi connectivity index (χ0v) is 7.75. The van der Waals surface area contributed by atoms with E-state index in [1.54, 1.807) is 0 Å². The maximum Gasteiger partial charge on any atom is 0.0643 e. The number of piperidine rings is 1. The summed E-state index contributed by atoms with van der Waals surface area (Å²) in [5.41, 5.74) is 0.